The Morgan fingerprint density at radius 3 is 3.00 bits per heavy atom. The van der Waals surface area contributed by atoms with Gasteiger partial charge in [-0.2, -0.15) is 4.98 Å². The number of aliphatic hydroxyl groups excluding tert-OH is 1. The van der Waals surface area contributed by atoms with Crippen LogP contribution in [0.25, 0.3) is 10.8 Å². The number of nitrogens with one attached hydrogen (secondary N) is 1. The fraction of sp³-hybridized carbons (Fsp3) is 0.412. The highest BCUT2D eigenvalue weighted by Crippen LogP contribution is 2.45. The summed E-state index contributed by atoms with van der Waals surface area (Å²) in [5.74, 6) is 0.0973. The minimum Gasteiger partial charge on any atom is -0.463 e. The van der Waals surface area contributed by atoms with Gasteiger partial charge in [0.05, 0.1) is 11.7 Å². The number of esters is 1. The quantitative estimate of drug-likeness (QED) is 0.513. The summed E-state index contributed by atoms with van der Waals surface area (Å²) in [6.07, 6.45) is -0.377. The molecule has 2 aliphatic heterocycles. The molecule has 11 heteroatoms. The predicted octanol–water partition coefficient (Wildman–Crippen LogP) is -0.364. The number of aromatic nitrogens is 2. The highest BCUT2D eigenvalue weighted by Gasteiger charge is 2.54. The second-order valence-corrected chi connectivity index (χ2v) is 6.95. The van der Waals surface area contributed by atoms with Gasteiger partial charge >= 0.3 is 5.97 Å². The van der Waals surface area contributed by atoms with Crippen molar-refractivity contribution in [3.8, 4) is 0 Å². The van der Waals surface area contributed by atoms with Crippen molar-refractivity contribution in [2.24, 2.45) is 4.99 Å². The van der Waals surface area contributed by atoms with E-state index in [4.69, 9.17) is 15.2 Å². The third-order valence-corrected chi connectivity index (χ3v) is 4.90. The van der Waals surface area contributed by atoms with Crippen LogP contribution < -0.4 is 16.6 Å². The summed E-state index contributed by atoms with van der Waals surface area (Å²) < 4.78 is 12.3. The number of rotatable bonds is 3. The molecule has 0 bridgehead atoms. The molecule has 0 aliphatic carbocycles. The minimum absolute atomic E-state index is 0.187. The maximum absolute atomic E-state index is 11.8. The van der Waals surface area contributed by atoms with E-state index >= 15 is 0 Å². The minimum atomic E-state index is -1.72. The molecule has 4 rings (SSSR count). The molecule has 0 amide bonds. The molecule has 4 heterocycles. The van der Waals surface area contributed by atoms with Gasteiger partial charge in [-0.1, -0.05) is 0 Å². The molecule has 1 saturated heterocycles. The first-order valence-electron chi connectivity index (χ1n) is 8.54. The molecule has 0 spiro atoms. The second-order valence-electron chi connectivity index (χ2n) is 6.95. The van der Waals surface area contributed by atoms with E-state index in [1.54, 1.807) is 6.20 Å². The van der Waals surface area contributed by atoms with E-state index in [0.29, 0.717) is 16.6 Å². The van der Waals surface area contributed by atoms with Gasteiger partial charge in [-0.15, -0.1) is 0 Å². The van der Waals surface area contributed by atoms with Gasteiger partial charge in [-0.05, 0) is 6.92 Å². The zero-order valence-corrected chi connectivity index (χ0v) is 15.1. The SMILES string of the molecule is CC(=O)OC[C@H]1O[C@@H](n2cc3c(N)cc(=O)nc4c3c2N=CN4)[C@](C)(O)[C@@H]1O. The van der Waals surface area contributed by atoms with Crippen molar-refractivity contribution in [2.75, 3.05) is 17.7 Å². The van der Waals surface area contributed by atoms with Gasteiger partial charge in [0, 0.05) is 30.3 Å². The summed E-state index contributed by atoms with van der Waals surface area (Å²) in [7, 11) is 0. The topological polar surface area (TPSA) is 161 Å². The first-order chi connectivity index (χ1) is 13.2. The van der Waals surface area contributed by atoms with Crippen molar-refractivity contribution < 1.29 is 24.5 Å². The number of carbonyl (C=O) groups excluding carboxylic acids is 1. The zero-order chi connectivity index (χ0) is 20.2. The van der Waals surface area contributed by atoms with Crippen LogP contribution in [0.1, 0.15) is 20.1 Å². The van der Waals surface area contributed by atoms with E-state index in [2.05, 4.69) is 15.3 Å². The van der Waals surface area contributed by atoms with E-state index in [1.165, 1.54) is 30.8 Å². The number of ether oxygens (including phenoxy) is 2. The summed E-state index contributed by atoms with van der Waals surface area (Å²) >= 11 is 0. The maximum atomic E-state index is 11.8. The number of aliphatic hydroxyl groups is 2. The van der Waals surface area contributed by atoms with Crippen LogP contribution in [0.2, 0.25) is 0 Å². The van der Waals surface area contributed by atoms with Crippen LogP contribution in [-0.4, -0.2) is 56.5 Å². The number of anilines is 2. The van der Waals surface area contributed by atoms with Gasteiger partial charge in [0.2, 0.25) is 0 Å². The molecule has 4 atom stereocenters. The maximum Gasteiger partial charge on any atom is 0.302 e. The van der Waals surface area contributed by atoms with E-state index < -0.39 is 35.6 Å². The number of hydrogen-bond acceptors (Lipinski definition) is 10. The molecular formula is C17H19N5O6. The van der Waals surface area contributed by atoms with Gasteiger partial charge in [0.15, 0.2) is 6.23 Å². The largest absolute Gasteiger partial charge is 0.463 e. The van der Waals surface area contributed by atoms with Crippen LogP contribution >= 0.6 is 0 Å². The van der Waals surface area contributed by atoms with E-state index in [1.807, 2.05) is 0 Å². The van der Waals surface area contributed by atoms with Crippen LogP contribution in [-0.2, 0) is 14.3 Å². The molecule has 0 aromatic carbocycles. The molecule has 28 heavy (non-hydrogen) atoms. The molecule has 0 unspecified atom stereocenters. The van der Waals surface area contributed by atoms with Gasteiger partial charge < -0.3 is 35.3 Å². The predicted molar refractivity (Wildman–Crippen MR) is 99.4 cm³/mol. The standard InChI is InChI=1S/C17H19N5O6/c1-7(23)27-5-10-13(25)17(2,26)16(28-10)22-4-8-9(18)3-11(24)21-14-12(8)15(22)20-6-19-14/h3-4,6,10,13,16,25-26H,5,18H2,1-2H3,(H,19,20,21,24)/t10-,13-,16-,17-/m1/s1. The number of aliphatic imine (C=N–C) groups is 1. The third kappa shape index (κ3) is 2.71. The Kier molecular flexibility index (Phi) is 4.10. The Morgan fingerprint density at radius 2 is 2.29 bits per heavy atom. The molecule has 1 fully saturated rings. The lowest BCUT2D eigenvalue weighted by Crippen LogP contribution is -2.44. The van der Waals surface area contributed by atoms with Crippen LogP contribution in [0.5, 0.6) is 0 Å². The number of carbonyl (C=O) groups is 1. The number of hydrogen-bond donors (Lipinski definition) is 4. The molecule has 0 radical (unpaired) electrons. The average Bonchev–Trinajstić information content (AvgIpc) is 3.06. The Labute approximate surface area is 158 Å². The molecule has 5 N–H and O–H groups in total. The fourth-order valence-electron chi connectivity index (χ4n) is 3.52. The Morgan fingerprint density at radius 1 is 1.54 bits per heavy atom. The third-order valence-electron chi connectivity index (χ3n) is 4.90. The summed E-state index contributed by atoms with van der Waals surface area (Å²) in [5, 5.41) is 25.2. The summed E-state index contributed by atoms with van der Waals surface area (Å²) in [5.41, 5.74) is 3.99. The normalized spacial score (nSPS) is 28.4. The summed E-state index contributed by atoms with van der Waals surface area (Å²) in [6.45, 7) is 2.44. The Hall–Kier alpha value is -3.02. The van der Waals surface area contributed by atoms with Gasteiger partial charge in [0.25, 0.3) is 5.56 Å². The molecule has 2 aromatic heterocycles. The Balaban J connectivity index is 1.84. The molecule has 11 nitrogen and oxygen atoms in total. The van der Waals surface area contributed by atoms with Crippen molar-refractivity contribution in [3.63, 3.8) is 0 Å². The van der Waals surface area contributed by atoms with Crippen molar-refractivity contribution in [1.82, 2.24) is 9.55 Å². The zero-order valence-electron chi connectivity index (χ0n) is 15.1. The van der Waals surface area contributed by atoms with E-state index in [0.717, 1.165) is 0 Å². The Bertz CT molecular complexity index is 1060. The average molecular weight is 389 g/mol. The lowest BCUT2D eigenvalue weighted by Gasteiger charge is -2.28. The van der Waals surface area contributed by atoms with Crippen molar-refractivity contribution in [1.29, 1.82) is 0 Å². The molecule has 148 valence electrons. The van der Waals surface area contributed by atoms with Gasteiger partial charge in [0.1, 0.15) is 36.1 Å². The first-order valence-corrected chi connectivity index (χ1v) is 8.54. The molecule has 0 saturated carbocycles. The van der Waals surface area contributed by atoms with Crippen LogP contribution in [0.4, 0.5) is 17.3 Å². The summed E-state index contributed by atoms with van der Waals surface area (Å²) in [4.78, 5) is 31.1. The highest BCUT2D eigenvalue weighted by molar-refractivity contribution is 6.10. The van der Waals surface area contributed by atoms with Gasteiger partial charge in [-0.3, -0.25) is 9.59 Å². The van der Waals surface area contributed by atoms with Crippen molar-refractivity contribution in [2.45, 2.75) is 37.9 Å². The molecular weight excluding hydrogens is 370 g/mol. The first kappa shape index (κ1) is 18.3. The highest BCUT2D eigenvalue weighted by atomic mass is 16.6. The lowest BCUT2D eigenvalue weighted by molar-refractivity contribution is -0.147. The van der Waals surface area contributed by atoms with E-state index in [9.17, 15) is 19.8 Å². The van der Waals surface area contributed by atoms with Crippen LogP contribution in [0.3, 0.4) is 0 Å². The number of nitrogen functional groups attached to an aromatic ring is 1. The molecule has 2 aliphatic rings. The van der Waals surface area contributed by atoms with Crippen molar-refractivity contribution in [3.05, 3.63) is 22.6 Å². The fourth-order valence-corrected chi connectivity index (χ4v) is 3.52. The number of nitrogens with zero attached hydrogens (tertiary/aromatic N) is 3. The van der Waals surface area contributed by atoms with Crippen LogP contribution in [0.15, 0.2) is 22.1 Å². The van der Waals surface area contributed by atoms with Crippen LogP contribution in [0, 0.1) is 0 Å². The monoisotopic (exact) mass is 389 g/mol. The lowest BCUT2D eigenvalue weighted by atomic mass is 9.96. The van der Waals surface area contributed by atoms with E-state index in [-0.39, 0.29) is 18.1 Å². The van der Waals surface area contributed by atoms with Gasteiger partial charge in [-0.25, -0.2) is 4.99 Å². The second kappa shape index (κ2) is 6.26. The van der Waals surface area contributed by atoms with Crippen molar-refractivity contribution >= 4 is 40.4 Å². The number of nitrogens with two attached hydrogens (primary N) is 1. The smallest absolute Gasteiger partial charge is 0.302 e. The molecule has 2 aromatic rings. The summed E-state index contributed by atoms with van der Waals surface area (Å²) in [6, 6.07) is 1.19.